The van der Waals surface area contributed by atoms with Gasteiger partial charge in [-0.15, -0.1) is 0 Å². The van der Waals surface area contributed by atoms with Gasteiger partial charge in [-0.25, -0.2) is 0 Å². The topological polar surface area (TPSA) is 45.2 Å². The van der Waals surface area contributed by atoms with Gasteiger partial charge in [0.1, 0.15) is 5.60 Å². The molecule has 1 aromatic carbocycles. The molecule has 1 atom stereocenters. The fourth-order valence-electron chi connectivity index (χ4n) is 4.45. The lowest BCUT2D eigenvalue weighted by atomic mass is 9.85. The first kappa shape index (κ1) is 18.5. The molecule has 3 nitrogen and oxygen atoms in total. The molecule has 0 bridgehead atoms. The number of aromatic amines is 1. The average molecular weight is 344 g/mol. The molecular weight excluding hydrogens is 310 g/mol. The van der Waals surface area contributed by atoms with Gasteiger partial charge in [-0.2, -0.15) is 0 Å². The van der Waals surface area contributed by atoms with E-state index in [2.05, 4.69) is 44.8 Å². The Morgan fingerprint density at radius 2 is 2.08 bits per heavy atom. The molecular formula is C22H33NO2. The Hall–Kier alpha value is -1.32. The third kappa shape index (κ3) is 3.24. The van der Waals surface area contributed by atoms with Crippen LogP contribution in [0.15, 0.2) is 12.1 Å². The minimum atomic E-state index is -0.152. The largest absolute Gasteiger partial charge is 0.396 e. The van der Waals surface area contributed by atoms with Crippen molar-refractivity contribution in [1.82, 2.24) is 4.98 Å². The number of nitrogens with one attached hydrogen (secondary N) is 1. The maximum Gasteiger partial charge on any atom is 0.108 e. The van der Waals surface area contributed by atoms with Gasteiger partial charge in [-0.3, -0.25) is 0 Å². The van der Waals surface area contributed by atoms with Gasteiger partial charge in [-0.05, 0) is 60.8 Å². The molecule has 0 fully saturated rings. The number of H-pyrrole nitrogens is 1. The van der Waals surface area contributed by atoms with Crippen LogP contribution in [0.5, 0.6) is 0 Å². The van der Waals surface area contributed by atoms with Gasteiger partial charge in [0.15, 0.2) is 0 Å². The van der Waals surface area contributed by atoms with Crippen molar-refractivity contribution < 1.29 is 9.84 Å². The molecule has 1 aliphatic rings. The highest BCUT2D eigenvalue weighted by Gasteiger charge is 2.38. The number of ether oxygens (including phenoxy) is 1. The first-order chi connectivity index (χ1) is 12.1. The summed E-state index contributed by atoms with van der Waals surface area (Å²) in [5.74, 6) is 0.472. The van der Waals surface area contributed by atoms with Crippen LogP contribution < -0.4 is 0 Å². The first-order valence-corrected chi connectivity index (χ1v) is 9.99. The van der Waals surface area contributed by atoms with Crippen LogP contribution >= 0.6 is 0 Å². The molecule has 138 valence electrons. The summed E-state index contributed by atoms with van der Waals surface area (Å²) in [7, 11) is 0. The Bertz CT molecular complexity index is 731. The second-order valence-corrected chi connectivity index (χ2v) is 7.76. The van der Waals surface area contributed by atoms with Crippen molar-refractivity contribution in [2.75, 3.05) is 13.2 Å². The van der Waals surface area contributed by atoms with Crippen LogP contribution in [0, 0.1) is 0 Å². The average Bonchev–Trinajstić information content (AvgIpc) is 2.99. The molecule has 0 saturated heterocycles. The number of aliphatic hydroxyl groups excluding tert-OH is 1. The lowest BCUT2D eigenvalue weighted by Crippen LogP contribution is -2.35. The zero-order chi connectivity index (χ0) is 18.0. The number of aryl methyl sites for hydroxylation is 1. The SMILES string of the molecule is CCCC1(CC)OCCc2c1[nH]c1c(C(C)C)cc(CCCO)cc21. The second-order valence-electron chi connectivity index (χ2n) is 7.76. The molecule has 0 amide bonds. The molecule has 0 aliphatic carbocycles. The molecule has 1 unspecified atom stereocenters. The lowest BCUT2D eigenvalue weighted by molar-refractivity contribution is -0.0723. The maximum atomic E-state index is 9.21. The zero-order valence-corrected chi connectivity index (χ0v) is 16.2. The number of benzene rings is 1. The fraction of sp³-hybridized carbons (Fsp3) is 0.636. The summed E-state index contributed by atoms with van der Waals surface area (Å²) in [5, 5.41) is 10.6. The molecule has 3 rings (SSSR count). The van der Waals surface area contributed by atoms with Gasteiger partial charge < -0.3 is 14.8 Å². The minimum Gasteiger partial charge on any atom is -0.396 e. The van der Waals surface area contributed by atoms with E-state index in [4.69, 9.17) is 4.74 Å². The van der Waals surface area contributed by atoms with Crippen molar-refractivity contribution in [2.24, 2.45) is 0 Å². The Labute approximate surface area is 151 Å². The van der Waals surface area contributed by atoms with Crippen LogP contribution in [-0.4, -0.2) is 23.3 Å². The van der Waals surface area contributed by atoms with Crippen LogP contribution in [0.25, 0.3) is 10.9 Å². The molecule has 2 N–H and O–H groups in total. The lowest BCUT2D eigenvalue weighted by Gasteiger charge is -2.36. The van der Waals surface area contributed by atoms with Crippen molar-refractivity contribution in [3.63, 3.8) is 0 Å². The zero-order valence-electron chi connectivity index (χ0n) is 16.2. The number of hydrogen-bond acceptors (Lipinski definition) is 2. The van der Waals surface area contributed by atoms with Crippen molar-refractivity contribution in [3.8, 4) is 0 Å². The molecule has 25 heavy (non-hydrogen) atoms. The van der Waals surface area contributed by atoms with Gasteiger partial charge >= 0.3 is 0 Å². The van der Waals surface area contributed by atoms with Gasteiger partial charge in [0.25, 0.3) is 0 Å². The molecule has 0 saturated carbocycles. The monoisotopic (exact) mass is 343 g/mol. The smallest absolute Gasteiger partial charge is 0.108 e. The van der Waals surface area contributed by atoms with E-state index in [0.29, 0.717) is 5.92 Å². The van der Waals surface area contributed by atoms with Crippen LogP contribution in [0.1, 0.15) is 81.7 Å². The van der Waals surface area contributed by atoms with Gasteiger partial charge in [0.2, 0.25) is 0 Å². The number of aliphatic hydroxyl groups is 1. The Balaban J connectivity index is 2.20. The Morgan fingerprint density at radius 1 is 1.28 bits per heavy atom. The number of aromatic nitrogens is 1. The number of fused-ring (bicyclic) bond motifs is 3. The fourth-order valence-corrected chi connectivity index (χ4v) is 4.45. The quantitative estimate of drug-likeness (QED) is 0.726. The van der Waals surface area contributed by atoms with E-state index in [1.807, 2.05) is 0 Å². The van der Waals surface area contributed by atoms with Crippen molar-refractivity contribution in [3.05, 3.63) is 34.5 Å². The minimum absolute atomic E-state index is 0.152. The number of hydrogen-bond donors (Lipinski definition) is 2. The third-order valence-electron chi connectivity index (χ3n) is 5.76. The molecule has 0 spiro atoms. The van der Waals surface area contributed by atoms with Gasteiger partial charge in [-0.1, -0.05) is 40.2 Å². The van der Waals surface area contributed by atoms with Gasteiger partial charge in [0, 0.05) is 17.5 Å². The van der Waals surface area contributed by atoms with E-state index in [1.165, 1.54) is 33.3 Å². The molecule has 3 heteroatoms. The summed E-state index contributed by atoms with van der Waals surface area (Å²) < 4.78 is 6.34. The summed E-state index contributed by atoms with van der Waals surface area (Å²) in [6.45, 7) is 10.1. The third-order valence-corrected chi connectivity index (χ3v) is 5.76. The Kier molecular flexibility index (Phi) is 5.55. The van der Waals surface area contributed by atoms with Gasteiger partial charge in [0.05, 0.1) is 12.3 Å². The predicted molar refractivity (Wildman–Crippen MR) is 104 cm³/mol. The van der Waals surface area contributed by atoms with E-state index in [1.54, 1.807) is 0 Å². The summed E-state index contributed by atoms with van der Waals surface area (Å²) in [5.41, 5.74) is 6.66. The first-order valence-electron chi connectivity index (χ1n) is 9.99. The van der Waals surface area contributed by atoms with E-state index < -0.39 is 0 Å². The highest BCUT2D eigenvalue weighted by molar-refractivity contribution is 5.89. The normalized spacial score (nSPS) is 20.4. The van der Waals surface area contributed by atoms with Crippen molar-refractivity contribution in [2.45, 2.75) is 77.7 Å². The standard InChI is InChI=1S/C22H33NO2/c1-5-10-22(6-2)21-17(9-12-25-22)19-14-16(8-7-11-24)13-18(15(3)4)20(19)23-21/h13-15,23-24H,5-12H2,1-4H3. The van der Waals surface area contributed by atoms with Crippen molar-refractivity contribution >= 4 is 10.9 Å². The van der Waals surface area contributed by atoms with Crippen LogP contribution in [0.2, 0.25) is 0 Å². The number of rotatable bonds is 7. The highest BCUT2D eigenvalue weighted by Crippen LogP contribution is 2.43. The van der Waals surface area contributed by atoms with Crippen LogP contribution in [0.4, 0.5) is 0 Å². The second kappa shape index (κ2) is 7.51. The van der Waals surface area contributed by atoms with E-state index in [-0.39, 0.29) is 12.2 Å². The summed E-state index contributed by atoms with van der Waals surface area (Å²) in [4.78, 5) is 3.80. The maximum absolute atomic E-state index is 9.21. The van der Waals surface area contributed by atoms with Crippen LogP contribution in [0.3, 0.4) is 0 Å². The van der Waals surface area contributed by atoms with E-state index in [0.717, 1.165) is 45.1 Å². The molecule has 2 aromatic rings. The summed E-state index contributed by atoms with van der Waals surface area (Å²) >= 11 is 0. The highest BCUT2D eigenvalue weighted by atomic mass is 16.5. The van der Waals surface area contributed by atoms with Crippen molar-refractivity contribution in [1.29, 1.82) is 0 Å². The molecule has 0 radical (unpaired) electrons. The predicted octanol–water partition coefficient (Wildman–Crippen LogP) is 5.19. The molecule has 1 aliphatic heterocycles. The Morgan fingerprint density at radius 3 is 2.72 bits per heavy atom. The summed E-state index contributed by atoms with van der Waals surface area (Å²) in [6.07, 6.45) is 5.96. The van der Waals surface area contributed by atoms with E-state index in [9.17, 15) is 5.11 Å². The summed E-state index contributed by atoms with van der Waals surface area (Å²) in [6, 6.07) is 4.68. The molecule has 2 heterocycles. The van der Waals surface area contributed by atoms with Crippen LogP contribution in [-0.2, 0) is 23.2 Å². The van der Waals surface area contributed by atoms with E-state index >= 15 is 0 Å². The molecule has 1 aromatic heterocycles.